The Hall–Kier alpha value is -0.900. The van der Waals surface area contributed by atoms with Crippen LogP contribution in [0.1, 0.15) is 33.1 Å². The highest BCUT2D eigenvalue weighted by Gasteiger charge is 2.10. The van der Waals surface area contributed by atoms with Crippen molar-refractivity contribution in [2.75, 3.05) is 19.7 Å². The molecule has 14 heavy (non-hydrogen) atoms. The van der Waals surface area contributed by atoms with Crippen molar-refractivity contribution in [3.05, 3.63) is 0 Å². The molecule has 0 radical (unpaired) electrons. The summed E-state index contributed by atoms with van der Waals surface area (Å²) >= 11 is 0. The van der Waals surface area contributed by atoms with Crippen LogP contribution in [0.5, 0.6) is 0 Å². The van der Waals surface area contributed by atoms with Gasteiger partial charge in [-0.15, -0.1) is 0 Å². The van der Waals surface area contributed by atoms with Crippen LogP contribution in [0.25, 0.3) is 0 Å². The molecule has 1 N–H and O–H groups in total. The van der Waals surface area contributed by atoms with Crippen LogP contribution in [0.3, 0.4) is 0 Å². The van der Waals surface area contributed by atoms with Gasteiger partial charge >= 0.3 is 0 Å². The van der Waals surface area contributed by atoms with E-state index in [-0.39, 0.29) is 11.7 Å². The lowest BCUT2D eigenvalue weighted by molar-refractivity contribution is -0.134. The second-order valence-corrected chi connectivity index (χ2v) is 3.34. The lowest BCUT2D eigenvalue weighted by atomic mass is 10.2. The summed E-state index contributed by atoms with van der Waals surface area (Å²) < 4.78 is 0. The lowest BCUT2D eigenvalue weighted by Crippen LogP contribution is -2.34. The summed E-state index contributed by atoms with van der Waals surface area (Å²) in [6.07, 6.45) is 2.05. The van der Waals surface area contributed by atoms with Gasteiger partial charge in [0.05, 0.1) is 0 Å². The molecule has 0 spiro atoms. The van der Waals surface area contributed by atoms with E-state index in [1.807, 2.05) is 6.92 Å². The number of carbonyl (C=O) groups is 2. The van der Waals surface area contributed by atoms with E-state index in [0.29, 0.717) is 25.9 Å². The van der Waals surface area contributed by atoms with Crippen LogP contribution in [0.15, 0.2) is 0 Å². The first-order chi connectivity index (χ1) is 6.61. The van der Waals surface area contributed by atoms with Crippen molar-refractivity contribution in [2.24, 2.45) is 0 Å². The fourth-order valence-electron chi connectivity index (χ4n) is 1.25. The van der Waals surface area contributed by atoms with Gasteiger partial charge in [0.2, 0.25) is 5.91 Å². The number of aliphatic hydroxyl groups excluding tert-OH is 1. The maximum atomic E-state index is 11.2. The van der Waals surface area contributed by atoms with Gasteiger partial charge < -0.3 is 14.8 Å². The van der Waals surface area contributed by atoms with Gasteiger partial charge in [-0.25, -0.2) is 0 Å². The Morgan fingerprint density at radius 1 is 1.29 bits per heavy atom. The largest absolute Gasteiger partial charge is 0.387 e. The van der Waals surface area contributed by atoms with Crippen molar-refractivity contribution < 1.29 is 14.7 Å². The van der Waals surface area contributed by atoms with Gasteiger partial charge in [-0.3, -0.25) is 4.79 Å². The molecule has 4 nitrogen and oxygen atoms in total. The number of hydrogen-bond donors (Lipinski definition) is 1. The number of Topliss-reactive ketones (excluding diaryl/α,β-unsaturated/α-hetero) is 1. The van der Waals surface area contributed by atoms with Gasteiger partial charge in [-0.05, 0) is 19.8 Å². The van der Waals surface area contributed by atoms with E-state index in [1.54, 1.807) is 4.90 Å². The predicted octanol–water partition coefficient (Wildman–Crippen LogP) is 0.587. The zero-order chi connectivity index (χ0) is 11.0. The van der Waals surface area contributed by atoms with Gasteiger partial charge in [-0.2, -0.15) is 0 Å². The standard InChI is InChI=1S/C10H19NO3/c1-3-6-11(10(14)8-12)7-4-5-9(2)13/h12H,3-8H2,1-2H3. The van der Waals surface area contributed by atoms with Crippen molar-refractivity contribution in [3.63, 3.8) is 0 Å². The Morgan fingerprint density at radius 3 is 2.36 bits per heavy atom. The van der Waals surface area contributed by atoms with Crippen LogP contribution in [0, 0.1) is 0 Å². The summed E-state index contributed by atoms with van der Waals surface area (Å²) in [5.41, 5.74) is 0. The highest BCUT2D eigenvalue weighted by molar-refractivity contribution is 5.77. The number of ketones is 1. The van der Waals surface area contributed by atoms with E-state index in [1.165, 1.54) is 6.92 Å². The summed E-state index contributed by atoms with van der Waals surface area (Å²) in [6, 6.07) is 0. The number of aliphatic hydroxyl groups is 1. The van der Waals surface area contributed by atoms with E-state index in [2.05, 4.69) is 0 Å². The zero-order valence-corrected chi connectivity index (χ0v) is 8.95. The third kappa shape index (κ3) is 5.70. The van der Waals surface area contributed by atoms with Crippen LogP contribution < -0.4 is 0 Å². The van der Waals surface area contributed by atoms with Gasteiger partial charge in [0.25, 0.3) is 0 Å². The van der Waals surface area contributed by atoms with Crippen molar-refractivity contribution >= 4 is 11.7 Å². The monoisotopic (exact) mass is 201 g/mol. The molecule has 4 heteroatoms. The first-order valence-electron chi connectivity index (χ1n) is 4.99. The van der Waals surface area contributed by atoms with Gasteiger partial charge in [0, 0.05) is 19.5 Å². The average Bonchev–Trinajstić information content (AvgIpc) is 2.15. The lowest BCUT2D eigenvalue weighted by Gasteiger charge is -2.20. The topological polar surface area (TPSA) is 57.6 Å². The minimum atomic E-state index is -0.444. The fraction of sp³-hybridized carbons (Fsp3) is 0.800. The number of rotatable bonds is 7. The normalized spacial score (nSPS) is 9.93. The maximum absolute atomic E-state index is 11.2. The minimum absolute atomic E-state index is 0.137. The summed E-state index contributed by atoms with van der Waals surface area (Å²) in [5.74, 6) is -0.117. The molecule has 0 saturated heterocycles. The third-order valence-corrected chi connectivity index (χ3v) is 1.94. The van der Waals surface area contributed by atoms with E-state index in [9.17, 15) is 9.59 Å². The Kier molecular flexibility index (Phi) is 7.02. The predicted molar refractivity (Wildman–Crippen MR) is 53.9 cm³/mol. The van der Waals surface area contributed by atoms with Crippen LogP contribution in [0.2, 0.25) is 0 Å². The molecule has 0 atom stereocenters. The molecule has 0 aromatic rings. The molecule has 0 aromatic heterocycles. The SMILES string of the molecule is CCCN(CCCC(C)=O)C(=O)CO. The molecule has 1 amide bonds. The number of hydrogen-bond acceptors (Lipinski definition) is 3. The minimum Gasteiger partial charge on any atom is -0.387 e. The first-order valence-corrected chi connectivity index (χ1v) is 4.99. The number of carbonyl (C=O) groups excluding carboxylic acids is 2. The molecule has 0 aliphatic rings. The molecular weight excluding hydrogens is 182 g/mol. The Labute approximate surface area is 84.9 Å². The highest BCUT2D eigenvalue weighted by Crippen LogP contribution is 1.98. The fourth-order valence-corrected chi connectivity index (χ4v) is 1.25. The van der Waals surface area contributed by atoms with E-state index >= 15 is 0 Å². The van der Waals surface area contributed by atoms with Crippen molar-refractivity contribution in [1.29, 1.82) is 0 Å². The second kappa shape index (κ2) is 7.50. The Morgan fingerprint density at radius 2 is 1.93 bits per heavy atom. The average molecular weight is 201 g/mol. The summed E-state index contributed by atoms with van der Waals surface area (Å²) in [6.45, 7) is 4.28. The molecule has 0 heterocycles. The van der Waals surface area contributed by atoms with E-state index in [4.69, 9.17) is 5.11 Å². The summed E-state index contributed by atoms with van der Waals surface area (Å²) in [4.78, 5) is 23.4. The molecule has 82 valence electrons. The van der Waals surface area contributed by atoms with Crippen LogP contribution in [-0.4, -0.2) is 41.4 Å². The second-order valence-electron chi connectivity index (χ2n) is 3.34. The Bertz CT molecular complexity index is 192. The molecule has 0 aliphatic heterocycles. The van der Waals surface area contributed by atoms with Crippen molar-refractivity contribution in [3.8, 4) is 0 Å². The maximum Gasteiger partial charge on any atom is 0.248 e. The smallest absolute Gasteiger partial charge is 0.248 e. The summed E-state index contributed by atoms with van der Waals surface area (Å²) in [5, 5.41) is 8.68. The molecule has 0 aromatic carbocycles. The van der Waals surface area contributed by atoms with E-state index < -0.39 is 6.61 Å². The summed E-state index contributed by atoms with van der Waals surface area (Å²) in [7, 11) is 0. The molecule has 0 unspecified atom stereocenters. The van der Waals surface area contributed by atoms with Gasteiger partial charge in [-0.1, -0.05) is 6.92 Å². The number of nitrogens with zero attached hydrogens (tertiary/aromatic N) is 1. The van der Waals surface area contributed by atoms with Gasteiger partial charge in [0.15, 0.2) is 0 Å². The molecule has 0 aliphatic carbocycles. The zero-order valence-electron chi connectivity index (χ0n) is 8.95. The van der Waals surface area contributed by atoms with Crippen molar-refractivity contribution in [1.82, 2.24) is 4.90 Å². The van der Waals surface area contributed by atoms with Crippen LogP contribution in [0.4, 0.5) is 0 Å². The van der Waals surface area contributed by atoms with E-state index in [0.717, 1.165) is 6.42 Å². The molecule has 0 bridgehead atoms. The first kappa shape index (κ1) is 13.1. The Balaban J connectivity index is 3.84. The molecule has 0 rings (SSSR count). The highest BCUT2D eigenvalue weighted by atomic mass is 16.3. The van der Waals surface area contributed by atoms with Crippen molar-refractivity contribution in [2.45, 2.75) is 33.1 Å². The molecular formula is C10H19NO3. The quantitative estimate of drug-likeness (QED) is 0.655. The molecule has 0 fully saturated rings. The van der Waals surface area contributed by atoms with Gasteiger partial charge in [0.1, 0.15) is 12.4 Å². The molecule has 0 saturated carbocycles. The van der Waals surface area contributed by atoms with Crippen LogP contribution >= 0.6 is 0 Å². The third-order valence-electron chi connectivity index (χ3n) is 1.94. The van der Waals surface area contributed by atoms with Crippen LogP contribution in [-0.2, 0) is 9.59 Å². The number of amides is 1.